The Bertz CT molecular complexity index is 1890. The van der Waals surface area contributed by atoms with Crippen LogP contribution in [0.2, 0.25) is 0 Å². The van der Waals surface area contributed by atoms with Gasteiger partial charge in [-0.1, -0.05) is 62.3 Å². The summed E-state index contributed by atoms with van der Waals surface area (Å²) >= 11 is 0. The van der Waals surface area contributed by atoms with Gasteiger partial charge in [-0.2, -0.15) is 0 Å². The SMILES string of the molecule is Cc1ccc2c(n1)oc1c(-c3cc(CC(C)(C)C)ccn3)[c-]ccc12.[2H]C([2H])([2H])c1c[c-]c(-c2ccc(C([2H])([2H])[2H])cn2)cc1.[Ir]. The van der Waals surface area contributed by atoms with E-state index in [1.165, 1.54) is 30.0 Å². The Morgan fingerprint density at radius 3 is 2.40 bits per heavy atom. The minimum atomic E-state index is -2.18. The summed E-state index contributed by atoms with van der Waals surface area (Å²) in [6.45, 7) is 4.36. The molecular weight excluding hydrogens is 671 g/mol. The van der Waals surface area contributed by atoms with E-state index in [1.807, 2.05) is 31.3 Å². The van der Waals surface area contributed by atoms with E-state index in [0.29, 0.717) is 17.0 Å². The maximum Gasteiger partial charge on any atom is 0.216 e. The van der Waals surface area contributed by atoms with Crippen LogP contribution in [0.5, 0.6) is 0 Å². The van der Waals surface area contributed by atoms with Crippen molar-refractivity contribution in [3.05, 3.63) is 114 Å². The summed E-state index contributed by atoms with van der Waals surface area (Å²) in [5.74, 6) is 0. The quantitative estimate of drug-likeness (QED) is 0.172. The van der Waals surface area contributed by atoms with Gasteiger partial charge in [0.1, 0.15) is 0 Å². The first-order valence-electron chi connectivity index (χ1n) is 15.7. The molecule has 40 heavy (non-hydrogen) atoms. The van der Waals surface area contributed by atoms with Crippen LogP contribution < -0.4 is 0 Å². The molecule has 2 aromatic carbocycles. The summed E-state index contributed by atoms with van der Waals surface area (Å²) in [7, 11) is 0. The molecule has 6 rings (SSSR count). The van der Waals surface area contributed by atoms with Gasteiger partial charge in [0, 0.05) is 51.8 Å². The molecule has 4 nitrogen and oxygen atoms in total. The van der Waals surface area contributed by atoms with Gasteiger partial charge >= 0.3 is 0 Å². The van der Waals surface area contributed by atoms with E-state index in [2.05, 4.69) is 66.1 Å². The standard InChI is InChI=1S/C22H21N2O.C13H12N.Ir/c1-14-8-9-17-16-6-5-7-18(20(16)25-21(17)24-14)19-12-15(10-11-23-19)13-22(2,3)4;1-10-3-6-12(7-4-10)13-8-5-11(2)9-14-13;/h5-6,8-12H,13H2,1-4H3;3-6,8-9H,1-2H3;/q2*-1;/i;1D3,2D3;. The van der Waals surface area contributed by atoms with Gasteiger partial charge in [0.2, 0.25) is 5.71 Å². The van der Waals surface area contributed by atoms with Crippen LogP contribution in [0, 0.1) is 38.2 Å². The molecule has 205 valence electrons. The fourth-order valence-corrected chi connectivity index (χ4v) is 4.38. The van der Waals surface area contributed by atoms with E-state index in [-0.39, 0.29) is 36.6 Å². The molecular formula is C35H33IrN3O-2. The van der Waals surface area contributed by atoms with Crippen LogP contribution in [0.15, 0.2) is 83.5 Å². The van der Waals surface area contributed by atoms with Gasteiger partial charge in [-0.3, -0.25) is 0 Å². The van der Waals surface area contributed by atoms with Crippen LogP contribution >= 0.6 is 0 Å². The largest absolute Gasteiger partial charge is 0.486 e. The molecule has 0 amide bonds. The fourth-order valence-electron chi connectivity index (χ4n) is 4.38. The first kappa shape index (κ1) is 22.1. The van der Waals surface area contributed by atoms with Crippen molar-refractivity contribution < 1.29 is 32.7 Å². The number of aromatic nitrogens is 3. The number of fused-ring (bicyclic) bond motifs is 3. The maximum atomic E-state index is 7.28. The third kappa shape index (κ3) is 6.91. The van der Waals surface area contributed by atoms with E-state index in [4.69, 9.17) is 12.6 Å². The average Bonchev–Trinajstić information content (AvgIpc) is 3.34. The predicted octanol–water partition coefficient (Wildman–Crippen LogP) is 8.90. The van der Waals surface area contributed by atoms with Crippen molar-refractivity contribution in [3.63, 3.8) is 0 Å². The number of furan rings is 1. The van der Waals surface area contributed by atoms with Crippen molar-refractivity contribution in [2.45, 2.75) is 47.8 Å². The Hall–Kier alpha value is -3.66. The smallest absolute Gasteiger partial charge is 0.216 e. The number of hydrogen-bond donors (Lipinski definition) is 0. The summed E-state index contributed by atoms with van der Waals surface area (Å²) in [5, 5.41) is 2.08. The zero-order valence-electron chi connectivity index (χ0n) is 28.8. The minimum absolute atomic E-state index is 0. The van der Waals surface area contributed by atoms with Gasteiger partial charge in [0.25, 0.3) is 0 Å². The van der Waals surface area contributed by atoms with Crippen LogP contribution in [-0.2, 0) is 26.5 Å². The number of rotatable bonds is 3. The topological polar surface area (TPSA) is 51.8 Å². The predicted molar refractivity (Wildman–Crippen MR) is 159 cm³/mol. The Labute approximate surface area is 258 Å². The van der Waals surface area contributed by atoms with Crippen molar-refractivity contribution in [3.8, 4) is 22.5 Å². The zero-order valence-corrected chi connectivity index (χ0v) is 25.2. The van der Waals surface area contributed by atoms with Crippen molar-refractivity contribution in [1.82, 2.24) is 15.0 Å². The molecule has 0 spiro atoms. The molecule has 0 bridgehead atoms. The van der Waals surface area contributed by atoms with E-state index in [0.717, 1.165) is 39.7 Å². The summed E-state index contributed by atoms with van der Waals surface area (Å²) in [5.41, 5.74) is 7.25. The van der Waals surface area contributed by atoms with Gasteiger partial charge in [-0.05, 0) is 60.8 Å². The van der Waals surface area contributed by atoms with Crippen LogP contribution in [0.4, 0.5) is 0 Å². The molecule has 0 saturated carbocycles. The molecule has 0 saturated heterocycles. The normalized spacial score (nSPS) is 14.0. The molecule has 0 N–H and O–H groups in total. The molecule has 5 heteroatoms. The number of aryl methyl sites for hydroxylation is 3. The van der Waals surface area contributed by atoms with Gasteiger partial charge in [-0.25, -0.2) is 4.98 Å². The molecule has 0 aliphatic carbocycles. The Balaban J connectivity index is 0.000000210. The van der Waals surface area contributed by atoms with E-state index >= 15 is 0 Å². The Kier molecular flexibility index (Phi) is 6.76. The monoisotopic (exact) mass is 710 g/mol. The van der Waals surface area contributed by atoms with Crippen LogP contribution in [0.3, 0.4) is 0 Å². The third-order valence-electron chi connectivity index (χ3n) is 6.10. The average molecular weight is 710 g/mol. The Morgan fingerprint density at radius 2 is 1.70 bits per heavy atom. The number of nitrogens with zero attached hydrogens (tertiary/aromatic N) is 3. The molecule has 6 aromatic rings. The van der Waals surface area contributed by atoms with Gasteiger partial charge in [0.15, 0.2) is 0 Å². The van der Waals surface area contributed by atoms with Gasteiger partial charge < -0.3 is 14.4 Å². The summed E-state index contributed by atoms with van der Waals surface area (Å²) in [4.78, 5) is 13.2. The van der Waals surface area contributed by atoms with E-state index in [1.54, 1.807) is 12.1 Å². The zero-order chi connectivity index (χ0) is 32.6. The van der Waals surface area contributed by atoms with Crippen LogP contribution in [-0.4, -0.2) is 15.0 Å². The molecule has 4 aromatic heterocycles. The number of benzene rings is 2. The Morgan fingerprint density at radius 1 is 0.875 bits per heavy atom. The molecule has 1 radical (unpaired) electrons. The van der Waals surface area contributed by atoms with Crippen molar-refractivity contribution in [1.29, 1.82) is 0 Å². The van der Waals surface area contributed by atoms with Crippen molar-refractivity contribution >= 4 is 22.1 Å². The second-order valence-corrected chi connectivity index (χ2v) is 10.7. The van der Waals surface area contributed by atoms with Gasteiger partial charge in [0.05, 0.1) is 5.58 Å². The molecule has 0 fully saturated rings. The second-order valence-electron chi connectivity index (χ2n) is 10.7. The van der Waals surface area contributed by atoms with Crippen LogP contribution in [0.25, 0.3) is 44.6 Å². The fraction of sp³-hybridized carbons (Fsp3) is 0.229. The number of hydrogen-bond acceptors (Lipinski definition) is 4. The summed E-state index contributed by atoms with van der Waals surface area (Å²) in [6, 6.07) is 26.0. The van der Waals surface area contributed by atoms with E-state index < -0.39 is 13.7 Å². The molecule has 0 aliphatic heterocycles. The third-order valence-corrected chi connectivity index (χ3v) is 6.10. The molecule has 0 atom stereocenters. The maximum absolute atomic E-state index is 7.28. The first-order chi connectivity index (χ1) is 21.1. The van der Waals surface area contributed by atoms with Crippen LogP contribution in [0.1, 0.15) is 51.4 Å². The first-order valence-corrected chi connectivity index (χ1v) is 12.7. The molecule has 0 unspecified atom stereocenters. The summed E-state index contributed by atoms with van der Waals surface area (Å²) < 4.78 is 49.7. The number of pyridine rings is 3. The van der Waals surface area contributed by atoms with Gasteiger partial charge in [-0.15, -0.1) is 53.6 Å². The molecule has 0 aliphatic rings. The second kappa shape index (κ2) is 12.2. The van der Waals surface area contributed by atoms with E-state index in [9.17, 15) is 0 Å². The molecule has 4 heterocycles. The van der Waals surface area contributed by atoms with Crippen molar-refractivity contribution in [2.24, 2.45) is 5.41 Å². The minimum Gasteiger partial charge on any atom is -0.486 e. The van der Waals surface area contributed by atoms with Crippen molar-refractivity contribution in [2.75, 3.05) is 0 Å². The summed E-state index contributed by atoms with van der Waals surface area (Å²) in [6.07, 6.45) is 4.17.